The Bertz CT molecular complexity index is 507. The van der Waals surface area contributed by atoms with E-state index in [0.717, 1.165) is 18.5 Å². The van der Waals surface area contributed by atoms with E-state index in [9.17, 15) is 9.90 Å². The molecular weight excluding hydrogens is 266 g/mol. The average molecular weight is 291 g/mol. The smallest absolute Gasteiger partial charge is 0.410 e. The minimum Gasteiger partial charge on any atom is -0.508 e. The number of carbonyl (C=O) groups excluding carboxylic acids is 1. The number of benzene rings is 1. The van der Waals surface area contributed by atoms with Gasteiger partial charge in [-0.05, 0) is 50.7 Å². The minimum atomic E-state index is -0.460. The van der Waals surface area contributed by atoms with E-state index in [4.69, 9.17) is 4.74 Å². The predicted molar refractivity (Wildman–Crippen MR) is 82.4 cm³/mol. The lowest BCUT2D eigenvalue weighted by molar-refractivity contribution is 0.0287. The van der Waals surface area contributed by atoms with Gasteiger partial charge in [0.25, 0.3) is 0 Å². The first-order chi connectivity index (χ1) is 9.78. The molecule has 1 fully saturated rings. The number of ether oxygens (including phenoxy) is 1. The Labute approximate surface area is 126 Å². The highest BCUT2D eigenvalue weighted by molar-refractivity contribution is 5.68. The maximum absolute atomic E-state index is 12.1. The van der Waals surface area contributed by atoms with Crippen molar-refractivity contribution in [3.8, 4) is 5.75 Å². The number of hydrogen-bond donors (Lipinski definition) is 1. The quantitative estimate of drug-likeness (QED) is 0.902. The molecule has 1 N–H and O–H groups in total. The van der Waals surface area contributed by atoms with E-state index in [-0.39, 0.29) is 12.0 Å². The number of rotatable bonds is 2. The summed E-state index contributed by atoms with van der Waals surface area (Å²) in [5.74, 6) is 0.908. The molecule has 0 aliphatic carbocycles. The van der Waals surface area contributed by atoms with Crippen molar-refractivity contribution < 1.29 is 14.6 Å². The molecule has 4 heteroatoms. The summed E-state index contributed by atoms with van der Waals surface area (Å²) in [6, 6.07) is 7.43. The Kier molecular flexibility index (Phi) is 4.45. The summed E-state index contributed by atoms with van der Waals surface area (Å²) in [6.45, 7) is 9.15. The zero-order valence-corrected chi connectivity index (χ0v) is 13.3. The van der Waals surface area contributed by atoms with Crippen LogP contribution in [0.15, 0.2) is 24.3 Å². The molecule has 1 saturated heterocycles. The van der Waals surface area contributed by atoms with Crippen molar-refractivity contribution in [1.29, 1.82) is 0 Å². The Morgan fingerprint density at radius 1 is 1.38 bits per heavy atom. The van der Waals surface area contributed by atoms with Crippen LogP contribution in [0.2, 0.25) is 0 Å². The van der Waals surface area contributed by atoms with Crippen LogP contribution in [0, 0.1) is 5.92 Å². The summed E-state index contributed by atoms with van der Waals surface area (Å²) in [5, 5.41) is 9.96. The molecule has 1 amide bonds. The van der Waals surface area contributed by atoms with Crippen molar-refractivity contribution >= 4 is 6.09 Å². The number of para-hydroxylation sites is 1. The molecule has 0 spiro atoms. The molecule has 1 heterocycles. The third-order valence-electron chi connectivity index (χ3n) is 4.01. The van der Waals surface area contributed by atoms with Gasteiger partial charge in [0.2, 0.25) is 0 Å². The molecule has 0 aromatic heterocycles. The van der Waals surface area contributed by atoms with Gasteiger partial charge >= 0.3 is 6.09 Å². The van der Waals surface area contributed by atoms with Gasteiger partial charge in [0, 0.05) is 13.1 Å². The average Bonchev–Trinajstić information content (AvgIpc) is 2.86. The molecule has 1 aliphatic rings. The maximum atomic E-state index is 12.1. The molecule has 0 saturated carbocycles. The van der Waals surface area contributed by atoms with Gasteiger partial charge in [0.15, 0.2) is 0 Å². The summed E-state index contributed by atoms with van der Waals surface area (Å²) < 4.78 is 5.42. The molecule has 2 atom stereocenters. The SMILES string of the molecule is CC(c1ccccc1O)C1CCN(C(=O)OC(C)(C)C)C1. The summed E-state index contributed by atoms with van der Waals surface area (Å²) in [4.78, 5) is 13.9. The number of hydrogen-bond acceptors (Lipinski definition) is 3. The van der Waals surface area contributed by atoms with E-state index < -0.39 is 5.60 Å². The van der Waals surface area contributed by atoms with Gasteiger partial charge in [-0.15, -0.1) is 0 Å². The Morgan fingerprint density at radius 3 is 2.67 bits per heavy atom. The van der Waals surface area contributed by atoms with Crippen LogP contribution in [-0.2, 0) is 4.74 Å². The molecule has 2 unspecified atom stereocenters. The molecule has 1 aromatic carbocycles. The fourth-order valence-corrected chi connectivity index (χ4v) is 2.81. The fourth-order valence-electron chi connectivity index (χ4n) is 2.81. The summed E-state index contributed by atoms with van der Waals surface area (Å²) in [7, 11) is 0. The third kappa shape index (κ3) is 3.90. The lowest BCUT2D eigenvalue weighted by atomic mass is 9.86. The first-order valence-electron chi connectivity index (χ1n) is 7.54. The zero-order valence-electron chi connectivity index (χ0n) is 13.3. The summed E-state index contributed by atoms with van der Waals surface area (Å²) in [6.07, 6.45) is 0.698. The number of carbonyl (C=O) groups is 1. The zero-order chi connectivity index (χ0) is 15.6. The van der Waals surface area contributed by atoms with Crippen molar-refractivity contribution in [2.24, 2.45) is 5.92 Å². The minimum absolute atomic E-state index is 0.221. The first kappa shape index (κ1) is 15.7. The van der Waals surface area contributed by atoms with Crippen molar-refractivity contribution in [2.45, 2.75) is 45.6 Å². The van der Waals surface area contributed by atoms with E-state index in [2.05, 4.69) is 6.92 Å². The van der Waals surface area contributed by atoms with E-state index >= 15 is 0 Å². The van der Waals surface area contributed by atoms with Crippen LogP contribution in [0.3, 0.4) is 0 Å². The Morgan fingerprint density at radius 2 is 2.05 bits per heavy atom. The van der Waals surface area contributed by atoms with Crippen molar-refractivity contribution in [3.05, 3.63) is 29.8 Å². The number of likely N-dealkylation sites (tertiary alicyclic amines) is 1. The van der Waals surface area contributed by atoms with E-state index in [1.54, 1.807) is 11.0 Å². The molecule has 1 aromatic rings. The number of nitrogens with zero attached hydrogens (tertiary/aromatic N) is 1. The normalized spacial score (nSPS) is 20.4. The molecule has 116 valence electrons. The number of phenols is 1. The molecule has 21 heavy (non-hydrogen) atoms. The van der Waals surface area contributed by atoms with E-state index in [1.807, 2.05) is 39.0 Å². The fraction of sp³-hybridized carbons (Fsp3) is 0.588. The molecule has 1 aliphatic heterocycles. The van der Waals surface area contributed by atoms with Gasteiger partial charge in [-0.3, -0.25) is 0 Å². The standard InChI is InChI=1S/C17H25NO3/c1-12(14-7-5-6-8-15(14)19)13-9-10-18(11-13)16(20)21-17(2,3)4/h5-8,12-13,19H,9-11H2,1-4H3. The van der Waals surface area contributed by atoms with Crippen LogP contribution in [0.1, 0.15) is 45.6 Å². The van der Waals surface area contributed by atoms with Gasteiger partial charge in [0.1, 0.15) is 11.4 Å². The van der Waals surface area contributed by atoms with Gasteiger partial charge in [-0.1, -0.05) is 25.1 Å². The van der Waals surface area contributed by atoms with Crippen LogP contribution in [0.25, 0.3) is 0 Å². The monoisotopic (exact) mass is 291 g/mol. The highest BCUT2D eigenvalue weighted by Crippen LogP contribution is 2.36. The summed E-state index contributed by atoms with van der Waals surface area (Å²) >= 11 is 0. The van der Waals surface area contributed by atoms with E-state index in [1.165, 1.54) is 0 Å². The Balaban J connectivity index is 1.99. The topological polar surface area (TPSA) is 49.8 Å². The number of amides is 1. The van der Waals surface area contributed by atoms with Crippen LogP contribution in [-0.4, -0.2) is 34.8 Å². The van der Waals surface area contributed by atoms with Crippen molar-refractivity contribution in [2.75, 3.05) is 13.1 Å². The second-order valence-corrected chi connectivity index (χ2v) is 6.82. The van der Waals surface area contributed by atoms with Gasteiger partial charge < -0.3 is 14.7 Å². The molecule has 0 bridgehead atoms. The molecule has 0 radical (unpaired) electrons. The number of phenolic OH excluding ortho intramolecular Hbond substituents is 1. The van der Waals surface area contributed by atoms with Crippen LogP contribution >= 0.6 is 0 Å². The maximum Gasteiger partial charge on any atom is 0.410 e. The largest absolute Gasteiger partial charge is 0.508 e. The number of aromatic hydroxyl groups is 1. The summed E-state index contributed by atoms with van der Waals surface area (Å²) in [5.41, 5.74) is 0.493. The predicted octanol–water partition coefficient (Wildman–Crippen LogP) is 3.75. The molecular formula is C17H25NO3. The van der Waals surface area contributed by atoms with Crippen molar-refractivity contribution in [3.63, 3.8) is 0 Å². The Hall–Kier alpha value is -1.71. The van der Waals surface area contributed by atoms with Crippen LogP contribution in [0.5, 0.6) is 5.75 Å². The van der Waals surface area contributed by atoms with Gasteiger partial charge in [0.05, 0.1) is 0 Å². The van der Waals surface area contributed by atoms with Gasteiger partial charge in [-0.25, -0.2) is 4.79 Å². The highest BCUT2D eigenvalue weighted by Gasteiger charge is 2.33. The van der Waals surface area contributed by atoms with E-state index in [0.29, 0.717) is 18.2 Å². The van der Waals surface area contributed by atoms with Crippen LogP contribution < -0.4 is 0 Å². The van der Waals surface area contributed by atoms with Crippen molar-refractivity contribution in [1.82, 2.24) is 4.90 Å². The lowest BCUT2D eigenvalue weighted by Gasteiger charge is -2.25. The second-order valence-electron chi connectivity index (χ2n) is 6.82. The third-order valence-corrected chi connectivity index (χ3v) is 4.01. The highest BCUT2D eigenvalue weighted by atomic mass is 16.6. The lowest BCUT2D eigenvalue weighted by Crippen LogP contribution is -2.35. The van der Waals surface area contributed by atoms with Crippen LogP contribution in [0.4, 0.5) is 4.79 Å². The molecule has 4 nitrogen and oxygen atoms in total. The van der Waals surface area contributed by atoms with Gasteiger partial charge in [-0.2, -0.15) is 0 Å². The first-order valence-corrected chi connectivity index (χ1v) is 7.54. The molecule has 2 rings (SSSR count). The second kappa shape index (κ2) is 5.96.